The summed E-state index contributed by atoms with van der Waals surface area (Å²) in [7, 11) is 0. The van der Waals surface area contributed by atoms with Crippen molar-refractivity contribution in [3.8, 4) is 6.07 Å². The maximum absolute atomic E-state index is 10.4. The molecule has 0 amide bonds. The average molecular weight is 176 g/mol. The zero-order valence-corrected chi connectivity index (χ0v) is 6.43. The standard InChI is InChI=1S/C8H4N2O3/c9-4-7-6(5-11)2-1-3-8(7)10(12)13/h1-3,5H. The molecule has 5 nitrogen and oxygen atoms in total. The minimum Gasteiger partial charge on any atom is -0.298 e. The molecule has 0 unspecified atom stereocenters. The second-order valence-electron chi connectivity index (χ2n) is 2.23. The molecule has 5 heteroatoms. The van der Waals surface area contributed by atoms with Crippen molar-refractivity contribution >= 4 is 12.0 Å². The molecular weight excluding hydrogens is 172 g/mol. The Morgan fingerprint density at radius 3 is 2.69 bits per heavy atom. The highest BCUT2D eigenvalue weighted by molar-refractivity contribution is 5.81. The topological polar surface area (TPSA) is 84.0 Å². The molecule has 13 heavy (non-hydrogen) atoms. The van der Waals surface area contributed by atoms with E-state index in [0.717, 1.165) is 0 Å². The molecule has 1 aromatic rings. The Balaban J connectivity index is 3.46. The molecule has 64 valence electrons. The van der Waals surface area contributed by atoms with Gasteiger partial charge in [0.05, 0.1) is 4.92 Å². The van der Waals surface area contributed by atoms with Crippen LogP contribution < -0.4 is 0 Å². The summed E-state index contributed by atoms with van der Waals surface area (Å²) in [6, 6.07) is 5.53. The molecule has 0 aliphatic rings. The predicted molar refractivity (Wildman–Crippen MR) is 43.2 cm³/mol. The van der Waals surface area contributed by atoms with Crippen LogP contribution in [0.15, 0.2) is 18.2 Å². The van der Waals surface area contributed by atoms with Gasteiger partial charge in [-0.1, -0.05) is 6.07 Å². The third-order valence-electron chi connectivity index (χ3n) is 1.51. The van der Waals surface area contributed by atoms with Gasteiger partial charge >= 0.3 is 0 Å². The Bertz CT molecular complexity index is 406. The van der Waals surface area contributed by atoms with Crippen molar-refractivity contribution in [1.82, 2.24) is 0 Å². The van der Waals surface area contributed by atoms with Gasteiger partial charge in [0, 0.05) is 11.6 Å². The van der Waals surface area contributed by atoms with Crippen LogP contribution in [-0.2, 0) is 0 Å². The first-order valence-electron chi connectivity index (χ1n) is 3.33. The number of carbonyl (C=O) groups excluding carboxylic acids is 1. The number of benzene rings is 1. The van der Waals surface area contributed by atoms with E-state index < -0.39 is 4.92 Å². The predicted octanol–water partition coefficient (Wildman–Crippen LogP) is 1.28. The molecule has 0 atom stereocenters. The van der Waals surface area contributed by atoms with Gasteiger partial charge in [-0.25, -0.2) is 0 Å². The number of nitro groups is 1. The number of hydrogen-bond acceptors (Lipinski definition) is 4. The van der Waals surface area contributed by atoms with E-state index in [1.54, 1.807) is 6.07 Å². The largest absolute Gasteiger partial charge is 0.298 e. The molecule has 0 radical (unpaired) electrons. The van der Waals surface area contributed by atoms with Gasteiger partial charge in [0.25, 0.3) is 5.69 Å². The summed E-state index contributed by atoms with van der Waals surface area (Å²) in [5.74, 6) is 0. The number of hydrogen-bond donors (Lipinski definition) is 0. The smallest absolute Gasteiger partial charge is 0.287 e. The fourth-order valence-corrected chi connectivity index (χ4v) is 0.930. The van der Waals surface area contributed by atoms with Gasteiger partial charge in [-0.15, -0.1) is 0 Å². The number of aldehydes is 1. The van der Waals surface area contributed by atoms with Crippen molar-refractivity contribution in [3.63, 3.8) is 0 Å². The lowest BCUT2D eigenvalue weighted by atomic mass is 10.1. The molecule has 0 bridgehead atoms. The number of nitriles is 1. The van der Waals surface area contributed by atoms with Crippen LogP contribution in [0.25, 0.3) is 0 Å². The van der Waals surface area contributed by atoms with E-state index in [2.05, 4.69) is 0 Å². The van der Waals surface area contributed by atoms with Crippen LogP contribution in [0.5, 0.6) is 0 Å². The fourth-order valence-electron chi connectivity index (χ4n) is 0.930. The second-order valence-corrected chi connectivity index (χ2v) is 2.23. The van der Waals surface area contributed by atoms with E-state index >= 15 is 0 Å². The third-order valence-corrected chi connectivity index (χ3v) is 1.51. The summed E-state index contributed by atoms with van der Waals surface area (Å²) in [5.41, 5.74) is -0.494. The average Bonchev–Trinajstić information content (AvgIpc) is 2.16. The van der Waals surface area contributed by atoms with Gasteiger partial charge < -0.3 is 0 Å². The Morgan fingerprint density at radius 2 is 2.23 bits per heavy atom. The minimum atomic E-state index is -0.689. The van der Waals surface area contributed by atoms with E-state index in [-0.39, 0.29) is 16.8 Å². The summed E-state index contributed by atoms with van der Waals surface area (Å²) in [6.45, 7) is 0. The zero-order valence-electron chi connectivity index (χ0n) is 6.43. The van der Waals surface area contributed by atoms with E-state index in [9.17, 15) is 14.9 Å². The van der Waals surface area contributed by atoms with Crippen LogP contribution in [0.3, 0.4) is 0 Å². The highest BCUT2D eigenvalue weighted by atomic mass is 16.6. The van der Waals surface area contributed by atoms with Crippen molar-refractivity contribution in [1.29, 1.82) is 5.26 Å². The van der Waals surface area contributed by atoms with Crippen LogP contribution >= 0.6 is 0 Å². The zero-order chi connectivity index (χ0) is 9.84. The monoisotopic (exact) mass is 176 g/mol. The number of carbonyl (C=O) groups is 1. The van der Waals surface area contributed by atoms with Crippen LogP contribution in [0.1, 0.15) is 15.9 Å². The maximum Gasteiger partial charge on any atom is 0.287 e. The normalized spacial score (nSPS) is 8.85. The highest BCUT2D eigenvalue weighted by Crippen LogP contribution is 2.19. The summed E-state index contributed by atoms with van der Waals surface area (Å²) >= 11 is 0. The highest BCUT2D eigenvalue weighted by Gasteiger charge is 2.15. The molecule has 1 rings (SSSR count). The van der Waals surface area contributed by atoms with Crippen molar-refractivity contribution in [2.75, 3.05) is 0 Å². The van der Waals surface area contributed by atoms with Crippen molar-refractivity contribution in [2.24, 2.45) is 0 Å². The molecule has 0 aromatic heterocycles. The maximum atomic E-state index is 10.4. The first-order chi connectivity index (χ1) is 6.20. The van der Waals surface area contributed by atoms with Crippen molar-refractivity contribution < 1.29 is 9.72 Å². The van der Waals surface area contributed by atoms with Crippen molar-refractivity contribution in [2.45, 2.75) is 0 Å². The molecule has 0 aliphatic heterocycles. The first-order valence-corrected chi connectivity index (χ1v) is 3.33. The lowest BCUT2D eigenvalue weighted by Crippen LogP contribution is -1.95. The summed E-state index contributed by atoms with van der Waals surface area (Å²) in [4.78, 5) is 20.1. The quantitative estimate of drug-likeness (QED) is 0.386. The summed E-state index contributed by atoms with van der Waals surface area (Å²) < 4.78 is 0. The molecule has 0 heterocycles. The van der Waals surface area contributed by atoms with Gasteiger partial charge in [-0.05, 0) is 6.07 Å². The molecule has 0 N–H and O–H groups in total. The van der Waals surface area contributed by atoms with Gasteiger partial charge in [0.2, 0.25) is 0 Å². The van der Waals surface area contributed by atoms with Crippen LogP contribution in [0.2, 0.25) is 0 Å². The summed E-state index contributed by atoms with van der Waals surface area (Å²) in [6.07, 6.45) is 0.422. The Labute approximate surface area is 73.4 Å². The van der Waals surface area contributed by atoms with Gasteiger partial charge in [0.15, 0.2) is 6.29 Å². The van der Waals surface area contributed by atoms with Gasteiger partial charge in [0.1, 0.15) is 11.6 Å². The van der Waals surface area contributed by atoms with Gasteiger partial charge in [-0.3, -0.25) is 14.9 Å². The summed E-state index contributed by atoms with van der Waals surface area (Å²) in [5, 5.41) is 19.0. The molecule has 0 aliphatic carbocycles. The van der Waals surface area contributed by atoms with E-state index in [1.807, 2.05) is 0 Å². The Kier molecular flexibility index (Phi) is 2.36. The lowest BCUT2D eigenvalue weighted by Gasteiger charge is -1.95. The molecule has 0 fully saturated rings. The number of nitro benzene ring substituents is 1. The van der Waals surface area contributed by atoms with E-state index in [0.29, 0.717) is 6.29 Å². The number of nitrogens with zero attached hydrogens (tertiary/aromatic N) is 2. The lowest BCUT2D eigenvalue weighted by molar-refractivity contribution is -0.385. The SMILES string of the molecule is N#Cc1c(C=O)cccc1[N+](=O)[O-]. The van der Waals surface area contributed by atoms with Crippen LogP contribution in [-0.4, -0.2) is 11.2 Å². The van der Waals surface area contributed by atoms with Crippen LogP contribution in [0.4, 0.5) is 5.69 Å². The Hall–Kier alpha value is -2.22. The molecule has 1 aromatic carbocycles. The van der Waals surface area contributed by atoms with Gasteiger partial charge in [-0.2, -0.15) is 5.26 Å². The Morgan fingerprint density at radius 1 is 1.54 bits per heavy atom. The molecule has 0 saturated carbocycles. The van der Waals surface area contributed by atoms with Crippen molar-refractivity contribution in [3.05, 3.63) is 39.4 Å². The van der Waals surface area contributed by atoms with E-state index in [4.69, 9.17) is 5.26 Å². The third kappa shape index (κ3) is 1.51. The van der Waals surface area contributed by atoms with E-state index in [1.165, 1.54) is 18.2 Å². The second kappa shape index (κ2) is 3.45. The van der Waals surface area contributed by atoms with Crippen LogP contribution in [0, 0.1) is 21.4 Å². The fraction of sp³-hybridized carbons (Fsp3) is 0. The first kappa shape index (κ1) is 8.87. The molecular formula is C8H4N2O3. The minimum absolute atomic E-state index is 0.0386. The molecule has 0 spiro atoms. The number of rotatable bonds is 2. The molecule has 0 saturated heterocycles.